The Morgan fingerprint density at radius 3 is 1.63 bits per heavy atom. The number of benzene rings is 3. The van der Waals surface area contributed by atoms with Crippen molar-refractivity contribution in [3.05, 3.63) is 101 Å². The van der Waals surface area contributed by atoms with Gasteiger partial charge in [-0.25, -0.2) is 0 Å². The van der Waals surface area contributed by atoms with E-state index >= 15 is 0 Å². The van der Waals surface area contributed by atoms with Gasteiger partial charge in [0, 0.05) is 22.7 Å². The molecule has 0 radical (unpaired) electrons. The molecule has 27 heavy (non-hydrogen) atoms. The van der Waals surface area contributed by atoms with Crippen molar-refractivity contribution in [3.8, 4) is 0 Å². The third-order valence-electron chi connectivity index (χ3n) is 4.29. The van der Waals surface area contributed by atoms with Gasteiger partial charge in [0.1, 0.15) is 0 Å². The number of carbonyl (C=O) groups is 1. The van der Waals surface area contributed by atoms with Crippen LogP contribution in [0.3, 0.4) is 0 Å². The molecule has 0 aliphatic rings. The number of carboxylic acid groups (broad SMARTS) is 1. The largest absolute Gasteiger partial charge is 0.549 e. The fraction of sp³-hybridized carbons (Fsp3) is 0.0500. The van der Waals surface area contributed by atoms with E-state index in [4.69, 9.17) is 0 Å². The molecule has 0 saturated carbocycles. The standard InChI is InChI=1S/C20H16NO5P/c22-20(23)19(15-11-13-16(14-12-15)21(24)25)27(26,17-7-3-1-4-8-17)18-9-5-2-6-10-18/h1-14,19H,(H,22,23)/p-1. The molecule has 6 nitrogen and oxygen atoms in total. The van der Waals surface area contributed by atoms with Crippen LogP contribution in [0, 0.1) is 10.1 Å². The van der Waals surface area contributed by atoms with Crippen LogP contribution in [0.1, 0.15) is 11.2 Å². The Morgan fingerprint density at radius 1 is 0.815 bits per heavy atom. The van der Waals surface area contributed by atoms with Gasteiger partial charge < -0.3 is 14.5 Å². The highest BCUT2D eigenvalue weighted by Crippen LogP contribution is 2.57. The van der Waals surface area contributed by atoms with Crippen molar-refractivity contribution in [2.24, 2.45) is 0 Å². The van der Waals surface area contributed by atoms with E-state index in [0.717, 1.165) is 0 Å². The van der Waals surface area contributed by atoms with Gasteiger partial charge in [-0.2, -0.15) is 0 Å². The molecular formula is C20H15NO5P-. The monoisotopic (exact) mass is 380 g/mol. The molecule has 1 atom stereocenters. The summed E-state index contributed by atoms with van der Waals surface area (Å²) in [5.74, 6) is -1.50. The van der Waals surface area contributed by atoms with Crippen LogP contribution in [0.15, 0.2) is 84.9 Å². The minimum Gasteiger partial charge on any atom is -0.549 e. The number of hydrogen-bond acceptors (Lipinski definition) is 5. The topological polar surface area (TPSA) is 100 Å². The van der Waals surface area contributed by atoms with E-state index < -0.39 is 23.7 Å². The molecule has 0 saturated heterocycles. The molecule has 0 aliphatic heterocycles. The van der Waals surface area contributed by atoms with Crippen molar-refractivity contribution in [1.82, 2.24) is 0 Å². The molecule has 0 aromatic heterocycles. The SMILES string of the molecule is O=C([O-])C(c1ccc([N+](=O)[O-])cc1)P(=O)(c1ccccc1)c1ccccc1. The van der Waals surface area contributed by atoms with E-state index in [9.17, 15) is 24.6 Å². The smallest absolute Gasteiger partial charge is 0.269 e. The second kappa shape index (κ2) is 7.56. The van der Waals surface area contributed by atoms with Gasteiger partial charge in [0.15, 0.2) is 7.14 Å². The number of carboxylic acids is 1. The molecule has 0 fully saturated rings. The van der Waals surface area contributed by atoms with Gasteiger partial charge in [-0.3, -0.25) is 10.1 Å². The Hall–Kier alpha value is -3.24. The summed E-state index contributed by atoms with van der Waals surface area (Å²) in [6, 6.07) is 21.8. The highest BCUT2D eigenvalue weighted by atomic mass is 31.2. The quantitative estimate of drug-likeness (QED) is 0.371. The summed E-state index contributed by atoms with van der Waals surface area (Å²) < 4.78 is 14.2. The lowest BCUT2D eigenvalue weighted by molar-refractivity contribution is -0.384. The Balaban J connectivity index is 2.23. The molecule has 0 spiro atoms. The highest BCUT2D eigenvalue weighted by Gasteiger charge is 2.38. The Bertz CT molecular complexity index is 960. The number of carbonyl (C=O) groups excluding carboxylic acids is 1. The normalized spacial score (nSPS) is 12.3. The van der Waals surface area contributed by atoms with Gasteiger partial charge in [0.2, 0.25) is 0 Å². The number of nitrogens with zero attached hydrogens (tertiary/aromatic N) is 1. The van der Waals surface area contributed by atoms with Crippen molar-refractivity contribution in [3.63, 3.8) is 0 Å². The van der Waals surface area contributed by atoms with Crippen LogP contribution in [-0.4, -0.2) is 10.9 Å². The number of nitro benzene ring substituents is 1. The average molecular weight is 380 g/mol. The summed E-state index contributed by atoms with van der Waals surface area (Å²) in [4.78, 5) is 22.4. The molecule has 3 rings (SSSR count). The Morgan fingerprint density at radius 2 is 1.26 bits per heavy atom. The molecule has 0 heterocycles. The van der Waals surface area contributed by atoms with E-state index in [2.05, 4.69) is 0 Å². The van der Waals surface area contributed by atoms with Gasteiger partial charge >= 0.3 is 0 Å². The fourth-order valence-corrected chi connectivity index (χ4v) is 6.03. The maximum atomic E-state index is 14.2. The zero-order valence-corrected chi connectivity index (χ0v) is 15.0. The summed E-state index contributed by atoms with van der Waals surface area (Å²) >= 11 is 0. The molecular weight excluding hydrogens is 365 g/mol. The summed E-state index contributed by atoms with van der Waals surface area (Å²) in [7, 11) is -3.68. The lowest BCUT2D eigenvalue weighted by atomic mass is 10.1. The first-order chi connectivity index (χ1) is 12.9. The van der Waals surface area contributed by atoms with Crippen LogP contribution in [0.5, 0.6) is 0 Å². The van der Waals surface area contributed by atoms with Crippen LogP contribution < -0.4 is 15.7 Å². The van der Waals surface area contributed by atoms with Gasteiger partial charge in [0.25, 0.3) is 5.69 Å². The molecule has 136 valence electrons. The van der Waals surface area contributed by atoms with E-state index in [1.807, 2.05) is 0 Å². The highest BCUT2D eigenvalue weighted by molar-refractivity contribution is 7.79. The van der Waals surface area contributed by atoms with E-state index in [1.54, 1.807) is 60.7 Å². The molecule has 0 N–H and O–H groups in total. The third kappa shape index (κ3) is 3.52. The first-order valence-electron chi connectivity index (χ1n) is 8.11. The van der Waals surface area contributed by atoms with Crippen molar-refractivity contribution in [1.29, 1.82) is 0 Å². The van der Waals surface area contributed by atoms with E-state index in [1.165, 1.54) is 24.3 Å². The van der Waals surface area contributed by atoms with E-state index in [0.29, 0.717) is 10.6 Å². The van der Waals surface area contributed by atoms with Crippen molar-refractivity contribution >= 4 is 29.4 Å². The lowest BCUT2D eigenvalue weighted by Gasteiger charge is -2.30. The number of rotatable bonds is 6. The summed E-state index contributed by atoms with van der Waals surface area (Å²) in [5, 5.41) is 23.7. The zero-order chi connectivity index (χ0) is 19.4. The summed E-state index contributed by atoms with van der Waals surface area (Å²) in [6.45, 7) is 0. The molecule has 1 unspecified atom stereocenters. The zero-order valence-electron chi connectivity index (χ0n) is 14.1. The summed E-state index contributed by atoms with van der Waals surface area (Å²) in [5.41, 5.74) is -1.45. The van der Waals surface area contributed by atoms with Gasteiger partial charge in [-0.05, 0) is 5.56 Å². The maximum absolute atomic E-state index is 14.2. The second-order valence-electron chi connectivity index (χ2n) is 5.90. The maximum Gasteiger partial charge on any atom is 0.269 e. The average Bonchev–Trinajstić information content (AvgIpc) is 2.69. The van der Waals surface area contributed by atoms with Crippen LogP contribution in [0.25, 0.3) is 0 Å². The van der Waals surface area contributed by atoms with Crippen molar-refractivity contribution in [2.75, 3.05) is 0 Å². The molecule has 0 bridgehead atoms. The van der Waals surface area contributed by atoms with Gasteiger partial charge in [-0.15, -0.1) is 0 Å². The van der Waals surface area contributed by atoms with Crippen LogP contribution in [-0.2, 0) is 9.36 Å². The minimum absolute atomic E-state index is 0.176. The van der Waals surface area contributed by atoms with Crippen LogP contribution in [0.4, 0.5) is 5.69 Å². The first-order valence-corrected chi connectivity index (χ1v) is 9.88. The summed E-state index contributed by atoms with van der Waals surface area (Å²) in [6.07, 6.45) is 0. The second-order valence-corrected chi connectivity index (χ2v) is 8.76. The van der Waals surface area contributed by atoms with E-state index in [-0.39, 0.29) is 11.3 Å². The molecule has 3 aromatic carbocycles. The number of nitro groups is 1. The predicted octanol–water partition coefficient (Wildman–Crippen LogP) is 2.40. The number of non-ortho nitro benzene ring substituents is 1. The van der Waals surface area contributed by atoms with Gasteiger partial charge in [-0.1, -0.05) is 72.8 Å². The fourth-order valence-electron chi connectivity index (χ4n) is 3.02. The van der Waals surface area contributed by atoms with Crippen LogP contribution >= 0.6 is 7.14 Å². The first kappa shape index (κ1) is 18.5. The number of hydrogen-bond donors (Lipinski definition) is 0. The third-order valence-corrected chi connectivity index (χ3v) is 7.65. The van der Waals surface area contributed by atoms with Gasteiger partial charge in [0.05, 0.1) is 16.6 Å². The predicted molar refractivity (Wildman–Crippen MR) is 101 cm³/mol. The van der Waals surface area contributed by atoms with Crippen LogP contribution in [0.2, 0.25) is 0 Å². The Labute approximate surface area is 155 Å². The Kier molecular flexibility index (Phi) is 5.19. The molecule has 0 amide bonds. The van der Waals surface area contributed by atoms with Crippen molar-refractivity contribution < 1.29 is 19.4 Å². The molecule has 7 heteroatoms. The molecule has 3 aromatic rings. The molecule has 0 aliphatic carbocycles. The minimum atomic E-state index is -3.68. The lowest BCUT2D eigenvalue weighted by Crippen LogP contribution is -2.35. The van der Waals surface area contributed by atoms with Crippen molar-refractivity contribution in [2.45, 2.75) is 5.66 Å². The number of aliphatic carboxylic acids is 1.